The first-order valence-electron chi connectivity index (χ1n) is 6.62. The number of benzene rings is 1. The Hall–Kier alpha value is -1.12. The fourth-order valence-electron chi connectivity index (χ4n) is 2.26. The van der Waals surface area contributed by atoms with Crippen LogP contribution in [0.5, 0.6) is 0 Å². The molecule has 96 valence electrons. The average molecular weight is 259 g/mol. The van der Waals surface area contributed by atoms with E-state index in [2.05, 4.69) is 43.5 Å². The molecule has 0 aliphatic carbocycles. The summed E-state index contributed by atoms with van der Waals surface area (Å²) in [7, 11) is 0. The van der Waals surface area contributed by atoms with Gasteiger partial charge in [0.15, 0.2) is 0 Å². The Bertz CT molecular complexity index is 496. The van der Waals surface area contributed by atoms with E-state index < -0.39 is 0 Å². The van der Waals surface area contributed by atoms with Crippen molar-refractivity contribution in [1.29, 1.82) is 0 Å². The largest absolute Gasteiger partial charge is 0.326 e. The molecule has 1 aromatic heterocycles. The Balaban J connectivity index is 2.25. The third-order valence-electron chi connectivity index (χ3n) is 3.33. The maximum Gasteiger partial charge on any atom is 0.0192 e. The van der Waals surface area contributed by atoms with Crippen LogP contribution in [0.3, 0.4) is 0 Å². The SMILES string of the molecule is CCCCc1ccc(-c2c(CN)csc2C)cc1. The standard InChI is InChI=1S/C16H21NS/c1-3-4-5-13-6-8-14(9-7-13)16-12(2)18-11-15(16)10-17/h6-9,11H,3-5,10,17H2,1-2H3. The maximum atomic E-state index is 5.80. The van der Waals surface area contributed by atoms with Crippen molar-refractivity contribution in [2.45, 2.75) is 39.7 Å². The summed E-state index contributed by atoms with van der Waals surface area (Å²) in [5.74, 6) is 0. The Labute approximate surface area is 114 Å². The van der Waals surface area contributed by atoms with E-state index in [0.29, 0.717) is 6.54 Å². The molecule has 0 saturated carbocycles. The van der Waals surface area contributed by atoms with Crippen LogP contribution in [-0.2, 0) is 13.0 Å². The molecule has 2 rings (SSSR count). The van der Waals surface area contributed by atoms with Crippen molar-refractivity contribution in [1.82, 2.24) is 0 Å². The number of hydrogen-bond acceptors (Lipinski definition) is 2. The minimum atomic E-state index is 0.622. The van der Waals surface area contributed by atoms with Crippen LogP contribution in [0.15, 0.2) is 29.6 Å². The molecular formula is C16H21NS. The van der Waals surface area contributed by atoms with Crippen LogP contribution in [0.1, 0.15) is 35.8 Å². The van der Waals surface area contributed by atoms with E-state index in [1.807, 2.05) is 0 Å². The summed E-state index contributed by atoms with van der Waals surface area (Å²) in [5, 5.41) is 2.18. The highest BCUT2D eigenvalue weighted by Crippen LogP contribution is 2.32. The second kappa shape index (κ2) is 6.17. The molecule has 0 radical (unpaired) electrons. The van der Waals surface area contributed by atoms with E-state index in [-0.39, 0.29) is 0 Å². The van der Waals surface area contributed by atoms with Gasteiger partial charge in [-0.15, -0.1) is 11.3 Å². The monoisotopic (exact) mass is 259 g/mol. The third-order valence-corrected chi connectivity index (χ3v) is 4.29. The zero-order valence-corrected chi connectivity index (χ0v) is 12.0. The molecule has 0 aliphatic rings. The topological polar surface area (TPSA) is 26.0 Å². The smallest absolute Gasteiger partial charge is 0.0192 e. The number of unbranched alkanes of at least 4 members (excludes halogenated alkanes) is 1. The Morgan fingerprint density at radius 3 is 2.50 bits per heavy atom. The van der Waals surface area contributed by atoms with E-state index in [1.165, 1.54) is 46.4 Å². The number of hydrogen-bond donors (Lipinski definition) is 1. The normalized spacial score (nSPS) is 10.8. The Kier molecular flexibility index (Phi) is 4.56. The van der Waals surface area contributed by atoms with Gasteiger partial charge in [-0.2, -0.15) is 0 Å². The Morgan fingerprint density at radius 2 is 1.89 bits per heavy atom. The van der Waals surface area contributed by atoms with Gasteiger partial charge in [0.1, 0.15) is 0 Å². The summed E-state index contributed by atoms with van der Waals surface area (Å²) in [5.41, 5.74) is 11.1. The number of rotatable bonds is 5. The molecule has 0 unspecified atom stereocenters. The summed E-state index contributed by atoms with van der Waals surface area (Å²) in [6.45, 7) is 5.03. The van der Waals surface area contributed by atoms with Gasteiger partial charge in [0, 0.05) is 11.4 Å². The fraction of sp³-hybridized carbons (Fsp3) is 0.375. The summed E-state index contributed by atoms with van der Waals surface area (Å²) < 4.78 is 0. The molecule has 1 aromatic carbocycles. The highest BCUT2D eigenvalue weighted by molar-refractivity contribution is 7.10. The Morgan fingerprint density at radius 1 is 1.17 bits per heavy atom. The molecular weight excluding hydrogens is 238 g/mol. The molecule has 0 fully saturated rings. The van der Waals surface area contributed by atoms with Crippen molar-refractivity contribution >= 4 is 11.3 Å². The quantitative estimate of drug-likeness (QED) is 0.839. The van der Waals surface area contributed by atoms with E-state index in [1.54, 1.807) is 11.3 Å². The number of nitrogens with two attached hydrogens (primary N) is 1. The maximum absolute atomic E-state index is 5.80. The average Bonchev–Trinajstić information content (AvgIpc) is 2.78. The summed E-state index contributed by atoms with van der Waals surface area (Å²) in [4.78, 5) is 1.36. The molecule has 1 nitrogen and oxygen atoms in total. The van der Waals surface area contributed by atoms with E-state index in [9.17, 15) is 0 Å². The minimum absolute atomic E-state index is 0.622. The summed E-state index contributed by atoms with van der Waals surface area (Å²) in [6.07, 6.45) is 3.71. The molecule has 2 aromatic rings. The fourth-order valence-corrected chi connectivity index (χ4v) is 3.16. The first-order valence-corrected chi connectivity index (χ1v) is 7.50. The van der Waals surface area contributed by atoms with Crippen LogP contribution in [0.25, 0.3) is 11.1 Å². The molecule has 0 amide bonds. The summed E-state index contributed by atoms with van der Waals surface area (Å²) in [6, 6.07) is 8.98. The van der Waals surface area contributed by atoms with Gasteiger partial charge < -0.3 is 5.73 Å². The van der Waals surface area contributed by atoms with Gasteiger partial charge in [0.05, 0.1) is 0 Å². The lowest BCUT2D eigenvalue weighted by Crippen LogP contribution is -1.96. The van der Waals surface area contributed by atoms with Gasteiger partial charge in [0.2, 0.25) is 0 Å². The number of aryl methyl sites for hydroxylation is 2. The molecule has 2 heteroatoms. The summed E-state index contributed by atoms with van der Waals surface area (Å²) >= 11 is 1.79. The number of thiophene rings is 1. The second-order valence-electron chi connectivity index (χ2n) is 4.70. The first-order chi connectivity index (χ1) is 8.76. The van der Waals surface area contributed by atoms with Crippen molar-refractivity contribution in [3.05, 3.63) is 45.6 Å². The van der Waals surface area contributed by atoms with Crippen LogP contribution < -0.4 is 5.73 Å². The van der Waals surface area contributed by atoms with Crippen molar-refractivity contribution in [3.63, 3.8) is 0 Å². The minimum Gasteiger partial charge on any atom is -0.326 e. The van der Waals surface area contributed by atoms with Crippen molar-refractivity contribution in [2.75, 3.05) is 0 Å². The molecule has 0 atom stereocenters. The van der Waals surface area contributed by atoms with Gasteiger partial charge in [-0.05, 0) is 47.4 Å². The molecule has 2 N–H and O–H groups in total. The highest BCUT2D eigenvalue weighted by Gasteiger charge is 2.09. The van der Waals surface area contributed by atoms with Crippen molar-refractivity contribution < 1.29 is 0 Å². The lowest BCUT2D eigenvalue weighted by molar-refractivity contribution is 0.795. The van der Waals surface area contributed by atoms with Gasteiger partial charge in [0.25, 0.3) is 0 Å². The van der Waals surface area contributed by atoms with Crippen LogP contribution in [-0.4, -0.2) is 0 Å². The second-order valence-corrected chi connectivity index (χ2v) is 5.78. The van der Waals surface area contributed by atoms with E-state index in [0.717, 1.165) is 0 Å². The van der Waals surface area contributed by atoms with Crippen LogP contribution >= 0.6 is 11.3 Å². The van der Waals surface area contributed by atoms with Crippen molar-refractivity contribution in [3.8, 4) is 11.1 Å². The zero-order valence-electron chi connectivity index (χ0n) is 11.2. The zero-order chi connectivity index (χ0) is 13.0. The predicted octanol–water partition coefficient (Wildman–Crippen LogP) is 4.52. The highest BCUT2D eigenvalue weighted by atomic mass is 32.1. The molecule has 0 saturated heterocycles. The van der Waals surface area contributed by atoms with E-state index >= 15 is 0 Å². The van der Waals surface area contributed by atoms with Crippen LogP contribution in [0.4, 0.5) is 0 Å². The first kappa shape index (κ1) is 13.3. The third kappa shape index (κ3) is 2.82. The van der Waals surface area contributed by atoms with E-state index in [4.69, 9.17) is 5.73 Å². The lowest BCUT2D eigenvalue weighted by atomic mass is 9.99. The molecule has 18 heavy (non-hydrogen) atoms. The lowest BCUT2D eigenvalue weighted by Gasteiger charge is -2.06. The van der Waals surface area contributed by atoms with Gasteiger partial charge in [-0.1, -0.05) is 37.6 Å². The van der Waals surface area contributed by atoms with Crippen LogP contribution in [0, 0.1) is 6.92 Å². The molecule has 0 aliphatic heterocycles. The van der Waals surface area contributed by atoms with Crippen molar-refractivity contribution in [2.24, 2.45) is 5.73 Å². The predicted molar refractivity (Wildman–Crippen MR) is 81.0 cm³/mol. The van der Waals surface area contributed by atoms with Crippen LogP contribution in [0.2, 0.25) is 0 Å². The van der Waals surface area contributed by atoms with Gasteiger partial charge in [-0.3, -0.25) is 0 Å². The molecule has 1 heterocycles. The van der Waals surface area contributed by atoms with Gasteiger partial charge in [-0.25, -0.2) is 0 Å². The molecule has 0 spiro atoms. The van der Waals surface area contributed by atoms with Gasteiger partial charge >= 0.3 is 0 Å². The molecule has 0 bridgehead atoms.